The molecule has 1 fully saturated rings. The van der Waals surface area contributed by atoms with Gasteiger partial charge in [-0.25, -0.2) is 0 Å². The Labute approximate surface area is 198 Å². The molecule has 0 saturated carbocycles. The Morgan fingerprint density at radius 1 is 1.03 bits per heavy atom. The van der Waals surface area contributed by atoms with Crippen molar-refractivity contribution in [2.75, 3.05) is 26.7 Å². The number of rotatable bonds is 7. The first-order chi connectivity index (χ1) is 14.1. The van der Waals surface area contributed by atoms with Crippen LogP contribution in [0.25, 0.3) is 0 Å². The summed E-state index contributed by atoms with van der Waals surface area (Å²) in [4.78, 5) is 6.91. The van der Waals surface area contributed by atoms with Gasteiger partial charge in [0.2, 0.25) is 0 Å². The maximum atomic E-state index is 4.49. The highest BCUT2D eigenvalue weighted by molar-refractivity contribution is 14.0. The van der Waals surface area contributed by atoms with E-state index in [0.29, 0.717) is 0 Å². The molecule has 166 valence electrons. The molecule has 1 aliphatic heterocycles. The molecule has 0 unspecified atom stereocenters. The number of aromatic nitrogens is 2. The van der Waals surface area contributed by atoms with E-state index < -0.39 is 0 Å². The predicted octanol–water partition coefficient (Wildman–Crippen LogP) is 3.55. The second-order valence-corrected chi connectivity index (χ2v) is 8.03. The third-order valence-corrected chi connectivity index (χ3v) is 5.89. The maximum Gasteiger partial charge on any atom is 0.191 e. The molecule has 0 bridgehead atoms. The number of halogens is 1. The number of aliphatic imine (C=N–C) groups is 1. The molecule has 30 heavy (non-hydrogen) atoms. The molecule has 1 aromatic heterocycles. The van der Waals surface area contributed by atoms with Crippen LogP contribution in [0.3, 0.4) is 0 Å². The number of nitrogens with one attached hydrogen (secondary N) is 2. The molecule has 2 heterocycles. The minimum Gasteiger partial charge on any atom is -0.356 e. The van der Waals surface area contributed by atoms with Crippen molar-refractivity contribution in [3.05, 3.63) is 52.3 Å². The summed E-state index contributed by atoms with van der Waals surface area (Å²) in [5.41, 5.74) is 6.34. The van der Waals surface area contributed by atoms with Crippen LogP contribution >= 0.6 is 24.0 Å². The normalized spacial score (nSPS) is 15.0. The minimum atomic E-state index is 0. The summed E-state index contributed by atoms with van der Waals surface area (Å²) < 4.78 is 1.95. The van der Waals surface area contributed by atoms with Crippen molar-refractivity contribution in [1.82, 2.24) is 25.3 Å². The minimum absolute atomic E-state index is 0. The third-order valence-electron chi connectivity index (χ3n) is 5.89. The molecule has 2 aromatic rings. The van der Waals surface area contributed by atoms with Crippen LogP contribution in [-0.2, 0) is 26.6 Å². The Hall–Kier alpha value is -1.61. The summed E-state index contributed by atoms with van der Waals surface area (Å²) in [6, 6.07) is 8.97. The van der Waals surface area contributed by atoms with Gasteiger partial charge in [0.05, 0.1) is 5.69 Å². The maximum absolute atomic E-state index is 4.49. The molecule has 0 atom stereocenters. The van der Waals surface area contributed by atoms with Gasteiger partial charge in [0, 0.05) is 39.4 Å². The van der Waals surface area contributed by atoms with Crippen molar-refractivity contribution in [2.45, 2.75) is 52.6 Å². The van der Waals surface area contributed by atoms with E-state index in [1.54, 1.807) is 0 Å². The summed E-state index contributed by atoms with van der Waals surface area (Å²) >= 11 is 0. The Morgan fingerprint density at radius 2 is 1.70 bits per heavy atom. The van der Waals surface area contributed by atoms with E-state index in [1.807, 2.05) is 18.8 Å². The zero-order valence-electron chi connectivity index (χ0n) is 18.9. The molecule has 0 spiro atoms. The van der Waals surface area contributed by atoms with Gasteiger partial charge >= 0.3 is 0 Å². The van der Waals surface area contributed by atoms with Crippen LogP contribution in [0.15, 0.2) is 29.3 Å². The number of likely N-dealkylation sites (tertiary alicyclic amines) is 1. The lowest BCUT2D eigenvalue weighted by Crippen LogP contribution is -2.37. The first kappa shape index (κ1) is 24.7. The highest BCUT2D eigenvalue weighted by atomic mass is 127. The van der Waals surface area contributed by atoms with Crippen LogP contribution in [0.1, 0.15) is 47.3 Å². The summed E-state index contributed by atoms with van der Waals surface area (Å²) in [5.74, 6) is 0.835. The fourth-order valence-corrected chi connectivity index (χ4v) is 4.03. The van der Waals surface area contributed by atoms with Crippen LogP contribution in [0, 0.1) is 13.8 Å². The summed E-state index contributed by atoms with van der Waals surface area (Å²) in [7, 11) is 3.81. The molecule has 1 aliphatic rings. The molecule has 3 rings (SSSR count). The van der Waals surface area contributed by atoms with Crippen LogP contribution in [-0.4, -0.2) is 47.3 Å². The van der Waals surface area contributed by atoms with Gasteiger partial charge in [0.1, 0.15) is 0 Å². The standard InChI is InChI=1S/C23H36N6.HI/c1-18-22(19(2)28(4)27-18)12-13-25-23(24-3)26-16-20-8-10-21(11-9-20)17-29-14-6-5-7-15-29;/h8-11H,5-7,12-17H2,1-4H3,(H2,24,25,26);1H. The van der Waals surface area contributed by atoms with E-state index in [1.165, 1.54) is 54.7 Å². The topological polar surface area (TPSA) is 57.5 Å². The van der Waals surface area contributed by atoms with E-state index in [9.17, 15) is 0 Å². The molecule has 1 aromatic carbocycles. The van der Waals surface area contributed by atoms with Crippen molar-refractivity contribution in [1.29, 1.82) is 0 Å². The lowest BCUT2D eigenvalue weighted by atomic mass is 10.1. The Kier molecular flexibility index (Phi) is 10.1. The van der Waals surface area contributed by atoms with Gasteiger partial charge in [-0.15, -0.1) is 24.0 Å². The number of benzene rings is 1. The molecule has 0 radical (unpaired) electrons. The molecule has 7 heteroatoms. The second-order valence-electron chi connectivity index (χ2n) is 8.03. The van der Waals surface area contributed by atoms with Crippen LogP contribution in [0.4, 0.5) is 0 Å². The summed E-state index contributed by atoms with van der Waals surface area (Å²) in [5, 5.41) is 11.3. The molecule has 1 saturated heterocycles. The molecular formula is C23H37IN6. The SMILES string of the molecule is CN=C(NCCc1c(C)nn(C)c1C)NCc1ccc(CN2CCCCC2)cc1.I. The number of nitrogens with zero attached hydrogens (tertiary/aromatic N) is 4. The van der Waals surface area contributed by atoms with Crippen LogP contribution < -0.4 is 10.6 Å². The van der Waals surface area contributed by atoms with Crippen molar-refractivity contribution >= 4 is 29.9 Å². The van der Waals surface area contributed by atoms with E-state index in [-0.39, 0.29) is 24.0 Å². The van der Waals surface area contributed by atoms with Gasteiger partial charge in [-0.2, -0.15) is 5.10 Å². The highest BCUT2D eigenvalue weighted by Gasteiger charge is 2.11. The second kappa shape index (κ2) is 12.3. The van der Waals surface area contributed by atoms with E-state index in [4.69, 9.17) is 0 Å². The number of aryl methyl sites for hydroxylation is 2. The Morgan fingerprint density at radius 3 is 2.30 bits per heavy atom. The quantitative estimate of drug-likeness (QED) is 0.331. The van der Waals surface area contributed by atoms with Crippen molar-refractivity contribution in [2.24, 2.45) is 12.0 Å². The monoisotopic (exact) mass is 524 g/mol. The largest absolute Gasteiger partial charge is 0.356 e. The first-order valence-corrected chi connectivity index (χ1v) is 10.8. The van der Waals surface area contributed by atoms with Gasteiger partial charge in [0.25, 0.3) is 0 Å². The summed E-state index contributed by atoms with van der Waals surface area (Å²) in [6.07, 6.45) is 5.01. The van der Waals surface area contributed by atoms with Gasteiger partial charge in [-0.05, 0) is 62.9 Å². The molecule has 0 amide bonds. The molecular weight excluding hydrogens is 487 g/mol. The highest BCUT2D eigenvalue weighted by Crippen LogP contribution is 2.14. The van der Waals surface area contributed by atoms with Crippen molar-refractivity contribution < 1.29 is 0 Å². The number of piperidine rings is 1. The van der Waals surface area contributed by atoms with Gasteiger partial charge in [-0.1, -0.05) is 30.7 Å². The lowest BCUT2D eigenvalue weighted by molar-refractivity contribution is 0.221. The van der Waals surface area contributed by atoms with Gasteiger partial charge < -0.3 is 10.6 Å². The fraction of sp³-hybridized carbons (Fsp3) is 0.565. The summed E-state index contributed by atoms with van der Waals surface area (Å²) in [6.45, 7) is 9.36. The molecule has 0 aliphatic carbocycles. The van der Waals surface area contributed by atoms with Gasteiger partial charge in [0.15, 0.2) is 5.96 Å². The zero-order valence-corrected chi connectivity index (χ0v) is 21.2. The van der Waals surface area contributed by atoms with E-state index in [2.05, 4.69) is 63.7 Å². The predicted molar refractivity (Wildman–Crippen MR) is 136 cm³/mol. The molecule has 6 nitrogen and oxygen atoms in total. The number of hydrogen-bond acceptors (Lipinski definition) is 3. The van der Waals surface area contributed by atoms with Crippen molar-refractivity contribution in [3.8, 4) is 0 Å². The molecule has 2 N–H and O–H groups in total. The van der Waals surface area contributed by atoms with Crippen LogP contribution in [0.5, 0.6) is 0 Å². The zero-order chi connectivity index (χ0) is 20.6. The Bertz CT molecular complexity index is 806. The van der Waals surface area contributed by atoms with E-state index in [0.717, 1.165) is 37.7 Å². The number of hydrogen-bond donors (Lipinski definition) is 2. The fourth-order valence-electron chi connectivity index (χ4n) is 4.03. The average Bonchev–Trinajstić information content (AvgIpc) is 2.98. The lowest BCUT2D eigenvalue weighted by Gasteiger charge is -2.26. The van der Waals surface area contributed by atoms with Crippen LogP contribution in [0.2, 0.25) is 0 Å². The average molecular weight is 524 g/mol. The third kappa shape index (κ3) is 6.97. The van der Waals surface area contributed by atoms with Crippen molar-refractivity contribution in [3.63, 3.8) is 0 Å². The number of guanidine groups is 1. The smallest absolute Gasteiger partial charge is 0.191 e. The first-order valence-electron chi connectivity index (χ1n) is 10.8. The van der Waals surface area contributed by atoms with E-state index >= 15 is 0 Å². The van der Waals surface area contributed by atoms with Gasteiger partial charge in [-0.3, -0.25) is 14.6 Å². The Balaban J connectivity index is 0.00000320.